The third-order valence-electron chi connectivity index (χ3n) is 2.29. The predicted molar refractivity (Wildman–Crippen MR) is 66.3 cm³/mol. The molecule has 0 aliphatic rings. The molecule has 0 spiro atoms. The highest BCUT2D eigenvalue weighted by molar-refractivity contribution is 5.84. The molecule has 0 aliphatic carbocycles. The summed E-state index contributed by atoms with van der Waals surface area (Å²) in [7, 11) is 1.27. The van der Waals surface area contributed by atoms with Crippen LogP contribution in [0.3, 0.4) is 0 Å². The molecular weight excluding hydrogens is 234 g/mol. The first kappa shape index (κ1) is 14.0. The van der Waals surface area contributed by atoms with Gasteiger partial charge in [-0.05, 0) is 31.5 Å². The third-order valence-corrected chi connectivity index (χ3v) is 2.29. The van der Waals surface area contributed by atoms with Crippen molar-refractivity contribution >= 4 is 11.9 Å². The average molecular weight is 251 g/mol. The minimum absolute atomic E-state index is 0.134. The van der Waals surface area contributed by atoms with Crippen LogP contribution in [0, 0.1) is 6.92 Å². The normalized spacial score (nSPS) is 11.5. The summed E-state index contributed by atoms with van der Waals surface area (Å²) in [6.07, 6.45) is 0. The number of carbonyl (C=O) groups is 2. The lowest BCUT2D eigenvalue weighted by atomic mass is 10.2. The summed E-state index contributed by atoms with van der Waals surface area (Å²) in [5.74, 6) is -0.232. The fraction of sp³-hybridized carbons (Fsp3) is 0.385. The molecule has 0 bridgehead atoms. The Morgan fingerprint density at radius 1 is 1.39 bits per heavy atom. The van der Waals surface area contributed by atoms with Gasteiger partial charge in [-0.1, -0.05) is 12.1 Å². The highest BCUT2D eigenvalue weighted by Crippen LogP contribution is 2.11. The van der Waals surface area contributed by atoms with E-state index in [2.05, 4.69) is 10.1 Å². The molecule has 5 heteroatoms. The topological polar surface area (TPSA) is 64.6 Å². The molecule has 1 aromatic rings. The molecule has 1 aromatic carbocycles. The zero-order valence-corrected chi connectivity index (χ0v) is 10.7. The molecule has 18 heavy (non-hydrogen) atoms. The Morgan fingerprint density at radius 3 is 2.72 bits per heavy atom. The maximum absolute atomic E-state index is 11.5. The van der Waals surface area contributed by atoms with E-state index in [1.165, 1.54) is 7.11 Å². The van der Waals surface area contributed by atoms with Gasteiger partial charge in [-0.3, -0.25) is 4.79 Å². The Morgan fingerprint density at radius 2 is 2.11 bits per heavy atom. The van der Waals surface area contributed by atoms with E-state index < -0.39 is 12.0 Å². The number of benzene rings is 1. The first-order chi connectivity index (χ1) is 8.52. The van der Waals surface area contributed by atoms with Crippen LogP contribution < -0.4 is 10.1 Å². The maximum Gasteiger partial charge on any atom is 0.328 e. The lowest BCUT2D eigenvalue weighted by molar-refractivity contribution is -0.144. The molecule has 0 fully saturated rings. The van der Waals surface area contributed by atoms with E-state index in [-0.39, 0.29) is 12.5 Å². The van der Waals surface area contributed by atoms with E-state index in [1.807, 2.05) is 25.1 Å². The van der Waals surface area contributed by atoms with Gasteiger partial charge in [-0.15, -0.1) is 0 Å². The smallest absolute Gasteiger partial charge is 0.328 e. The van der Waals surface area contributed by atoms with Crippen molar-refractivity contribution in [3.05, 3.63) is 29.8 Å². The molecule has 0 heterocycles. The number of aryl methyl sites for hydroxylation is 1. The lowest BCUT2D eigenvalue weighted by Gasteiger charge is -2.12. The van der Waals surface area contributed by atoms with Crippen LogP contribution in [0.4, 0.5) is 0 Å². The number of nitrogens with one attached hydrogen (secondary N) is 1. The van der Waals surface area contributed by atoms with Crippen molar-refractivity contribution in [3.8, 4) is 5.75 Å². The fourth-order valence-corrected chi connectivity index (χ4v) is 1.37. The van der Waals surface area contributed by atoms with Crippen molar-refractivity contribution in [1.29, 1.82) is 0 Å². The van der Waals surface area contributed by atoms with Gasteiger partial charge in [0.2, 0.25) is 0 Å². The van der Waals surface area contributed by atoms with Crippen LogP contribution in [0.1, 0.15) is 12.5 Å². The highest BCUT2D eigenvalue weighted by atomic mass is 16.5. The molecule has 0 radical (unpaired) electrons. The molecule has 1 N–H and O–H groups in total. The molecule has 0 unspecified atom stereocenters. The lowest BCUT2D eigenvalue weighted by Crippen LogP contribution is -2.41. The quantitative estimate of drug-likeness (QED) is 0.794. The van der Waals surface area contributed by atoms with Gasteiger partial charge in [0, 0.05) is 0 Å². The van der Waals surface area contributed by atoms with Crippen molar-refractivity contribution in [2.45, 2.75) is 19.9 Å². The molecule has 0 saturated carbocycles. The SMILES string of the molecule is COC(=O)[C@H](C)NC(=O)COc1cccc(C)c1. The molecule has 1 amide bonds. The first-order valence-electron chi connectivity index (χ1n) is 5.59. The third kappa shape index (κ3) is 4.45. The minimum atomic E-state index is -0.677. The van der Waals surface area contributed by atoms with Crippen LogP contribution in [0.2, 0.25) is 0 Å². The van der Waals surface area contributed by atoms with E-state index in [1.54, 1.807) is 13.0 Å². The summed E-state index contributed by atoms with van der Waals surface area (Å²) in [5, 5.41) is 2.48. The van der Waals surface area contributed by atoms with Gasteiger partial charge in [-0.25, -0.2) is 4.79 Å². The Balaban J connectivity index is 2.40. The van der Waals surface area contributed by atoms with Gasteiger partial charge in [0.25, 0.3) is 5.91 Å². The van der Waals surface area contributed by atoms with Crippen LogP contribution in [0.5, 0.6) is 5.75 Å². The van der Waals surface area contributed by atoms with Crippen LogP contribution in [-0.2, 0) is 14.3 Å². The van der Waals surface area contributed by atoms with Crippen molar-refractivity contribution in [2.75, 3.05) is 13.7 Å². The number of carbonyl (C=O) groups excluding carboxylic acids is 2. The van der Waals surface area contributed by atoms with Crippen LogP contribution in [-0.4, -0.2) is 31.6 Å². The molecule has 1 atom stereocenters. The zero-order valence-electron chi connectivity index (χ0n) is 10.7. The molecule has 1 rings (SSSR count). The summed E-state index contributed by atoms with van der Waals surface area (Å²) in [5.41, 5.74) is 1.05. The number of ether oxygens (including phenoxy) is 2. The second kappa shape index (κ2) is 6.64. The van der Waals surface area contributed by atoms with Gasteiger partial charge < -0.3 is 14.8 Å². The van der Waals surface area contributed by atoms with Gasteiger partial charge in [0.15, 0.2) is 6.61 Å². The monoisotopic (exact) mass is 251 g/mol. The Bertz CT molecular complexity index is 431. The summed E-state index contributed by atoms with van der Waals surface area (Å²) >= 11 is 0. The summed E-state index contributed by atoms with van der Waals surface area (Å²) in [6.45, 7) is 3.35. The van der Waals surface area contributed by atoms with Crippen LogP contribution in [0.15, 0.2) is 24.3 Å². The first-order valence-corrected chi connectivity index (χ1v) is 5.59. The number of hydrogen-bond acceptors (Lipinski definition) is 4. The van der Waals surface area contributed by atoms with Crippen molar-refractivity contribution in [2.24, 2.45) is 0 Å². The number of rotatable bonds is 5. The summed E-state index contributed by atoms with van der Waals surface area (Å²) in [4.78, 5) is 22.6. The van der Waals surface area contributed by atoms with Crippen molar-refractivity contribution in [1.82, 2.24) is 5.32 Å². The molecular formula is C13H17NO4. The van der Waals surface area contributed by atoms with Gasteiger partial charge >= 0.3 is 5.97 Å². The van der Waals surface area contributed by atoms with E-state index >= 15 is 0 Å². The van der Waals surface area contributed by atoms with Crippen LogP contribution in [0.25, 0.3) is 0 Å². The zero-order chi connectivity index (χ0) is 13.5. The Kier molecular flexibility index (Phi) is 5.17. The largest absolute Gasteiger partial charge is 0.484 e. The maximum atomic E-state index is 11.5. The standard InChI is InChI=1S/C13H17NO4/c1-9-5-4-6-11(7-9)18-8-12(15)14-10(2)13(16)17-3/h4-7,10H,8H2,1-3H3,(H,14,15)/t10-/m0/s1. The molecule has 0 aromatic heterocycles. The number of methoxy groups -OCH3 is 1. The van der Waals surface area contributed by atoms with E-state index in [4.69, 9.17) is 4.74 Å². The number of hydrogen-bond donors (Lipinski definition) is 1. The van der Waals surface area contributed by atoms with Crippen molar-refractivity contribution in [3.63, 3.8) is 0 Å². The van der Waals surface area contributed by atoms with E-state index in [0.29, 0.717) is 5.75 Å². The van der Waals surface area contributed by atoms with E-state index in [0.717, 1.165) is 5.56 Å². The van der Waals surface area contributed by atoms with Gasteiger partial charge in [0.1, 0.15) is 11.8 Å². The summed E-state index contributed by atoms with van der Waals surface area (Å²) < 4.78 is 9.80. The Labute approximate surface area is 106 Å². The highest BCUT2D eigenvalue weighted by Gasteiger charge is 2.15. The summed E-state index contributed by atoms with van der Waals surface area (Å²) in [6, 6.07) is 6.70. The second-order valence-corrected chi connectivity index (χ2v) is 3.92. The molecule has 0 saturated heterocycles. The Hall–Kier alpha value is -2.04. The number of esters is 1. The average Bonchev–Trinajstić information content (AvgIpc) is 2.35. The minimum Gasteiger partial charge on any atom is -0.484 e. The fourth-order valence-electron chi connectivity index (χ4n) is 1.37. The van der Waals surface area contributed by atoms with Crippen molar-refractivity contribution < 1.29 is 19.1 Å². The number of amides is 1. The molecule has 98 valence electrons. The molecule has 5 nitrogen and oxygen atoms in total. The predicted octanol–water partition coefficient (Wildman–Crippen LogP) is 1.05. The van der Waals surface area contributed by atoms with Gasteiger partial charge in [-0.2, -0.15) is 0 Å². The van der Waals surface area contributed by atoms with E-state index in [9.17, 15) is 9.59 Å². The van der Waals surface area contributed by atoms with Crippen LogP contribution >= 0.6 is 0 Å². The second-order valence-electron chi connectivity index (χ2n) is 3.92. The molecule has 0 aliphatic heterocycles. The van der Waals surface area contributed by atoms with Gasteiger partial charge in [0.05, 0.1) is 7.11 Å².